The molecule has 0 atom stereocenters. The molecular formula is C19H32O. The van der Waals surface area contributed by atoms with E-state index in [1.807, 2.05) is 6.07 Å². The molecule has 1 heteroatoms. The van der Waals surface area contributed by atoms with Gasteiger partial charge in [0.15, 0.2) is 0 Å². The third-order valence-corrected chi connectivity index (χ3v) is 4.02. The number of methoxy groups -OCH3 is 1. The normalized spacial score (nSPS) is 11.6. The van der Waals surface area contributed by atoms with Gasteiger partial charge in [0.2, 0.25) is 0 Å². The quantitative estimate of drug-likeness (QED) is 0.475. The van der Waals surface area contributed by atoms with Crippen LogP contribution in [0.2, 0.25) is 0 Å². The molecule has 0 bridgehead atoms. The van der Waals surface area contributed by atoms with Crippen molar-refractivity contribution in [2.24, 2.45) is 5.41 Å². The Morgan fingerprint density at radius 3 is 2.40 bits per heavy atom. The summed E-state index contributed by atoms with van der Waals surface area (Å²) in [5.41, 5.74) is 1.78. The fourth-order valence-corrected chi connectivity index (χ4v) is 2.81. The van der Waals surface area contributed by atoms with Gasteiger partial charge in [-0.15, -0.1) is 0 Å². The summed E-state index contributed by atoms with van der Waals surface area (Å²) in [6.07, 6.45) is 10.8. The van der Waals surface area contributed by atoms with Crippen LogP contribution in [0.3, 0.4) is 0 Å². The largest absolute Gasteiger partial charge is 0.497 e. The van der Waals surface area contributed by atoms with E-state index in [9.17, 15) is 0 Å². The van der Waals surface area contributed by atoms with Crippen LogP contribution >= 0.6 is 0 Å². The van der Waals surface area contributed by atoms with Gasteiger partial charge in [-0.1, -0.05) is 71.4 Å². The minimum absolute atomic E-state index is 0.386. The average Bonchev–Trinajstić information content (AvgIpc) is 2.42. The van der Waals surface area contributed by atoms with Gasteiger partial charge in [-0.25, -0.2) is 0 Å². The summed E-state index contributed by atoms with van der Waals surface area (Å²) in [4.78, 5) is 0. The molecule has 20 heavy (non-hydrogen) atoms. The predicted octanol–water partition coefficient (Wildman–Crippen LogP) is 6.01. The second-order valence-corrected chi connectivity index (χ2v) is 6.71. The molecule has 0 aliphatic rings. The molecule has 0 heterocycles. The van der Waals surface area contributed by atoms with Crippen molar-refractivity contribution >= 4 is 0 Å². The average molecular weight is 276 g/mol. The predicted molar refractivity (Wildman–Crippen MR) is 88.5 cm³/mol. The van der Waals surface area contributed by atoms with E-state index in [2.05, 4.69) is 39.0 Å². The van der Waals surface area contributed by atoms with Gasteiger partial charge in [-0.3, -0.25) is 0 Å². The van der Waals surface area contributed by atoms with Crippen molar-refractivity contribution in [2.75, 3.05) is 7.11 Å². The van der Waals surface area contributed by atoms with Gasteiger partial charge in [-0.2, -0.15) is 0 Å². The highest BCUT2D eigenvalue weighted by atomic mass is 16.5. The molecule has 0 unspecified atom stereocenters. The maximum absolute atomic E-state index is 5.31. The molecule has 0 spiro atoms. The summed E-state index contributed by atoms with van der Waals surface area (Å²) in [5.74, 6) is 0.970. The molecule has 1 nitrogen and oxygen atoms in total. The van der Waals surface area contributed by atoms with E-state index in [1.54, 1.807) is 7.11 Å². The Kier molecular flexibility index (Phi) is 7.72. The maximum Gasteiger partial charge on any atom is 0.119 e. The van der Waals surface area contributed by atoms with E-state index in [0.29, 0.717) is 5.41 Å². The molecule has 0 radical (unpaired) electrons. The topological polar surface area (TPSA) is 9.23 Å². The van der Waals surface area contributed by atoms with Crippen molar-refractivity contribution in [1.29, 1.82) is 0 Å². The van der Waals surface area contributed by atoms with Crippen LogP contribution < -0.4 is 4.74 Å². The summed E-state index contributed by atoms with van der Waals surface area (Å²) in [7, 11) is 1.74. The van der Waals surface area contributed by atoms with Crippen LogP contribution in [0.15, 0.2) is 24.3 Å². The maximum atomic E-state index is 5.31. The number of hydrogen-bond donors (Lipinski definition) is 0. The van der Waals surface area contributed by atoms with E-state index in [4.69, 9.17) is 4.74 Å². The van der Waals surface area contributed by atoms with Crippen LogP contribution in [0.25, 0.3) is 0 Å². The first kappa shape index (κ1) is 17.1. The number of rotatable bonds is 10. The van der Waals surface area contributed by atoms with Crippen LogP contribution in [-0.4, -0.2) is 7.11 Å². The van der Waals surface area contributed by atoms with Gasteiger partial charge in [0, 0.05) is 0 Å². The Morgan fingerprint density at radius 1 is 1.00 bits per heavy atom. The third kappa shape index (κ3) is 6.98. The van der Waals surface area contributed by atoms with Gasteiger partial charge in [0.1, 0.15) is 5.75 Å². The van der Waals surface area contributed by atoms with Gasteiger partial charge in [0.05, 0.1) is 7.11 Å². The minimum Gasteiger partial charge on any atom is -0.497 e. The van der Waals surface area contributed by atoms with Crippen molar-refractivity contribution < 1.29 is 4.74 Å². The number of unbranched alkanes of at least 4 members (excludes halogenated alkanes) is 5. The summed E-state index contributed by atoms with van der Waals surface area (Å²) in [6, 6.07) is 8.49. The molecule has 1 rings (SSSR count). The molecule has 0 saturated carbocycles. The van der Waals surface area contributed by atoms with Crippen molar-refractivity contribution in [3.63, 3.8) is 0 Å². The molecule has 0 aromatic heterocycles. The Morgan fingerprint density at radius 2 is 1.70 bits per heavy atom. The van der Waals surface area contributed by atoms with Crippen LogP contribution in [0, 0.1) is 5.41 Å². The molecule has 0 aliphatic carbocycles. The molecule has 1 aromatic carbocycles. The molecule has 0 saturated heterocycles. The molecule has 0 amide bonds. The second-order valence-electron chi connectivity index (χ2n) is 6.71. The van der Waals surface area contributed by atoms with Gasteiger partial charge in [0.25, 0.3) is 0 Å². The number of ether oxygens (including phenoxy) is 1. The lowest BCUT2D eigenvalue weighted by Crippen LogP contribution is -2.15. The van der Waals surface area contributed by atoms with E-state index in [0.717, 1.165) is 12.2 Å². The lowest BCUT2D eigenvalue weighted by atomic mass is 9.81. The molecular weight excluding hydrogens is 244 g/mol. The first-order valence-electron chi connectivity index (χ1n) is 8.20. The molecule has 0 N–H and O–H groups in total. The van der Waals surface area contributed by atoms with E-state index < -0.39 is 0 Å². The van der Waals surface area contributed by atoms with Crippen molar-refractivity contribution in [3.8, 4) is 5.75 Å². The van der Waals surface area contributed by atoms with Crippen LogP contribution in [-0.2, 0) is 6.42 Å². The van der Waals surface area contributed by atoms with Crippen LogP contribution in [0.5, 0.6) is 5.75 Å². The van der Waals surface area contributed by atoms with Crippen LogP contribution in [0.4, 0.5) is 0 Å². The fourth-order valence-electron chi connectivity index (χ4n) is 2.81. The second kappa shape index (κ2) is 9.05. The Hall–Kier alpha value is -0.980. The smallest absolute Gasteiger partial charge is 0.119 e. The zero-order valence-electron chi connectivity index (χ0n) is 13.9. The molecule has 0 fully saturated rings. The first-order chi connectivity index (χ1) is 9.57. The van der Waals surface area contributed by atoms with Crippen molar-refractivity contribution in [1.82, 2.24) is 0 Å². The SMILES string of the molecule is CCCCCCCCC(C)(C)Cc1cccc(OC)c1. The van der Waals surface area contributed by atoms with E-state index >= 15 is 0 Å². The Labute approximate surface area is 125 Å². The summed E-state index contributed by atoms with van der Waals surface area (Å²) >= 11 is 0. The van der Waals surface area contributed by atoms with Gasteiger partial charge in [-0.05, 0) is 36.0 Å². The van der Waals surface area contributed by atoms with E-state index in [1.165, 1.54) is 50.5 Å². The van der Waals surface area contributed by atoms with E-state index in [-0.39, 0.29) is 0 Å². The summed E-state index contributed by atoms with van der Waals surface area (Å²) in [6.45, 7) is 7.05. The third-order valence-electron chi connectivity index (χ3n) is 4.02. The summed E-state index contributed by atoms with van der Waals surface area (Å²) in [5, 5.41) is 0. The fraction of sp³-hybridized carbons (Fsp3) is 0.684. The molecule has 1 aromatic rings. The molecule has 114 valence electrons. The van der Waals surface area contributed by atoms with Gasteiger partial charge >= 0.3 is 0 Å². The standard InChI is InChI=1S/C19H32O/c1-5-6-7-8-9-10-14-19(2,3)16-17-12-11-13-18(15-17)20-4/h11-13,15H,5-10,14,16H2,1-4H3. The first-order valence-corrected chi connectivity index (χ1v) is 8.20. The Bertz CT molecular complexity index is 368. The van der Waals surface area contributed by atoms with Crippen molar-refractivity contribution in [2.45, 2.75) is 72.1 Å². The molecule has 0 aliphatic heterocycles. The lowest BCUT2D eigenvalue weighted by molar-refractivity contribution is 0.316. The number of benzene rings is 1. The Balaban J connectivity index is 2.32. The highest BCUT2D eigenvalue weighted by molar-refractivity contribution is 5.29. The zero-order valence-corrected chi connectivity index (χ0v) is 13.9. The van der Waals surface area contributed by atoms with Crippen LogP contribution in [0.1, 0.15) is 71.3 Å². The van der Waals surface area contributed by atoms with Crippen molar-refractivity contribution in [3.05, 3.63) is 29.8 Å². The highest BCUT2D eigenvalue weighted by Gasteiger charge is 2.18. The highest BCUT2D eigenvalue weighted by Crippen LogP contribution is 2.29. The number of hydrogen-bond acceptors (Lipinski definition) is 1. The lowest BCUT2D eigenvalue weighted by Gasteiger charge is -2.25. The van der Waals surface area contributed by atoms with Gasteiger partial charge < -0.3 is 4.74 Å². The minimum atomic E-state index is 0.386. The summed E-state index contributed by atoms with van der Waals surface area (Å²) < 4.78 is 5.31. The monoisotopic (exact) mass is 276 g/mol. The zero-order chi connectivity index (χ0) is 14.8.